The summed E-state index contributed by atoms with van der Waals surface area (Å²) in [4.78, 5) is 22.2. The molecule has 4 aromatic rings. The molecule has 0 saturated carbocycles. The molecule has 0 amide bonds. The number of rotatable bonds is 4. The van der Waals surface area contributed by atoms with Gasteiger partial charge in [-0.1, -0.05) is 6.07 Å². The van der Waals surface area contributed by atoms with E-state index in [1.807, 2.05) is 37.3 Å². The van der Waals surface area contributed by atoms with E-state index < -0.39 is 0 Å². The maximum Gasteiger partial charge on any atom is 0.300 e. The molecular formula is C20H21N7O2. The van der Waals surface area contributed by atoms with Crippen LogP contribution < -0.4 is 20.3 Å². The van der Waals surface area contributed by atoms with Gasteiger partial charge in [0.2, 0.25) is 11.6 Å². The summed E-state index contributed by atoms with van der Waals surface area (Å²) in [6.45, 7) is 5.47. The first-order chi connectivity index (χ1) is 14.2. The Hall–Kier alpha value is -3.62. The number of nitrogens with zero attached hydrogens (tertiary/aromatic N) is 6. The molecule has 0 bridgehead atoms. The maximum atomic E-state index is 6.26. The van der Waals surface area contributed by atoms with Crippen LogP contribution in [0.1, 0.15) is 6.92 Å². The molecule has 1 aromatic carbocycles. The summed E-state index contributed by atoms with van der Waals surface area (Å²) in [5, 5.41) is 0.760. The van der Waals surface area contributed by atoms with Crippen molar-refractivity contribution in [3.05, 3.63) is 36.5 Å². The van der Waals surface area contributed by atoms with E-state index in [9.17, 15) is 0 Å². The third-order valence-electron chi connectivity index (χ3n) is 4.99. The summed E-state index contributed by atoms with van der Waals surface area (Å²) >= 11 is 0. The van der Waals surface area contributed by atoms with Gasteiger partial charge in [0, 0.05) is 32.4 Å². The summed E-state index contributed by atoms with van der Waals surface area (Å²) in [6, 6.07) is 10.0. The second kappa shape index (κ2) is 7.08. The number of hydrogen-bond donors (Lipinski definition) is 1. The number of nitrogen functional groups attached to an aromatic ring is 1. The van der Waals surface area contributed by atoms with Crippen molar-refractivity contribution < 1.29 is 9.15 Å². The second-order valence-corrected chi connectivity index (χ2v) is 6.79. The minimum atomic E-state index is 0.432. The van der Waals surface area contributed by atoms with E-state index in [0.29, 0.717) is 41.4 Å². The van der Waals surface area contributed by atoms with E-state index in [2.05, 4.69) is 24.8 Å². The van der Waals surface area contributed by atoms with Crippen LogP contribution in [-0.2, 0) is 0 Å². The van der Waals surface area contributed by atoms with Gasteiger partial charge in [-0.15, -0.1) is 0 Å². The van der Waals surface area contributed by atoms with Crippen molar-refractivity contribution in [1.82, 2.24) is 19.9 Å². The largest absolute Gasteiger partial charge is 0.493 e. The van der Waals surface area contributed by atoms with Crippen molar-refractivity contribution in [3.8, 4) is 5.75 Å². The van der Waals surface area contributed by atoms with Crippen molar-refractivity contribution >= 4 is 39.9 Å². The standard InChI is InChI=1S/C20H21N7O2/c1-2-28-14-6-3-5-13-16(14)17(21)24-19(23-13)26-9-11-27(12-10-26)20-25-18-15(29-20)7-4-8-22-18/h3-8H,2,9-12H2,1H3,(H2,21,23,24). The summed E-state index contributed by atoms with van der Waals surface area (Å²) in [7, 11) is 0. The normalized spacial score (nSPS) is 14.7. The molecule has 5 rings (SSSR count). The summed E-state index contributed by atoms with van der Waals surface area (Å²) in [5.41, 5.74) is 8.36. The van der Waals surface area contributed by atoms with Gasteiger partial charge in [0.15, 0.2) is 5.58 Å². The van der Waals surface area contributed by atoms with E-state index in [-0.39, 0.29) is 0 Å². The van der Waals surface area contributed by atoms with Crippen LogP contribution in [0.5, 0.6) is 5.75 Å². The zero-order valence-corrected chi connectivity index (χ0v) is 16.1. The topological polar surface area (TPSA) is 106 Å². The minimum Gasteiger partial charge on any atom is -0.493 e. The monoisotopic (exact) mass is 391 g/mol. The zero-order valence-electron chi connectivity index (χ0n) is 16.1. The molecule has 1 fully saturated rings. The van der Waals surface area contributed by atoms with Crippen LogP contribution >= 0.6 is 0 Å². The summed E-state index contributed by atoms with van der Waals surface area (Å²) < 4.78 is 11.5. The van der Waals surface area contributed by atoms with Crippen LogP contribution in [0.25, 0.3) is 22.1 Å². The van der Waals surface area contributed by atoms with Gasteiger partial charge < -0.3 is 24.7 Å². The number of fused-ring (bicyclic) bond motifs is 2. The lowest BCUT2D eigenvalue weighted by molar-refractivity contribution is 0.344. The molecule has 0 unspecified atom stereocenters. The molecule has 29 heavy (non-hydrogen) atoms. The Kier molecular flexibility index (Phi) is 4.27. The number of aromatic nitrogens is 4. The number of nitrogens with two attached hydrogens (primary N) is 1. The van der Waals surface area contributed by atoms with Crippen LogP contribution in [0, 0.1) is 0 Å². The summed E-state index contributed by atoms with van der Waals surface area (Å²) in [5.74, 6) is 1.77. The molecule has 1 saturated heterocycles. The average molecular weight is 391 g/mol. The van der Waals surface area contributed by atoms with Gasteiger partial charge in [-0.25, -0.2) is 9.97 Å². The van der Waals surface area contributed by atoms with E-state index >= 15 is 0 Å². The van der Waals surface area contributed by atoms with Crippen LogP contribution in [0.2, 0.25) is 0 Å². The zero-order chi connectivity index (χ0) is 19.8. The molecule has 0 atom stereocenters. The number of benzene rings is 1. The van der Waals surface area contributed by atoms with Gasteiger partial charge in [0.05, 0.1) is 17.5 Å². The lowest BCUT2D eigenvalue weighted by Crippen LogP contribution is -2.47. The number of piperazine rings is 1. The van der Waals surface area contributed by atoms with Crippen molar-refractivity contribution in [2.24, 2.45) is 0 Å². The van der Waals surface area contributed by atoms with Crippen LogP contribution in [0.3, 0.4) is 0 Å². The highest BCUT2D eigenvalue weighted by Crippen LogP contribution is 2.31. The second-order valence-electron chi connectivity index (χ2n) is 6.79. The molecule has 0 spiro atoms. The van der Waals surface area contributed by atoms with Crippen LogP contribution in [0.15, 0.2) is 40.9 Å². The predicted octanol–water partition coefficient (Wildman–Crippen LogP) is 2.47. The highest BCUT2D eigenvalue weighted by molar-refractivity contribution is 5.94. The van der Waals surface area contributed by atoms with Crippen molar-refractivity contribution in [1.29, 1.82) is 0 Å². The number of ether oxygens (including phenoxy) is 1. The highest BCUT2D eigenvalue weighted by Gasteiger charge is 2.24. The molecule has 4 heterocycles. The lowest BCUT2D eigenvalue weighted by Gasteiger charge is -2.33. The van der Waals surface area contributed by atoms with Crippen molar-refractivity contribution in [2.75, 3.05) is 48.3 Å². The number of pyridine rings is 1. The lowest BCUT2D eigenvalue weighted by atomic mass is 10.2. The first-order valence-corrected chi connectivity index (χ1v) is 9.63. The van der Waals surface area contributed by atoms with Crippen molar-refractivity contribution in [2.45, 2.75) is 6.92 Å². The van der Waals surface area contributed by atoms with E-state index in [4.69, 9.17) is 19.9 Å². The van der Waals surface area contributed by atoms with Gasteiger partial charge in [-0.3, -0.25) is 0 Å². The van der Waals surface area contributed by atoms with E-state index in [1.165, 1.54) is 0 Å². The first kappa shape index (κ1) is 17.5. The SMILES string of the molecule is CCOc1cccc2nc(N3CCN(c4nc5ncccc5o4)CC3)nc(N)c12. The van der Waals surface area contributed by atoms with Gasteiger partial charge in [-0.05, 0) is 31.2 Å². The van der Waals surface area contributed by atoms with Gasteiger partial charge in [-0.2, -0.15) is 9.97 Å². The molecule has 3 aromatic heterocycles. The average Bonchev–Trinajstić information content (AvgIpc) is 3.18. The Morgan fingerprint density at radius 2 is 1.86 bits per heavy atom. The third-order valence-corrected chi connectivity index (χ3v) is 4.99. The van der Waals surface area contributed by atoms with E-state index in [1.54, 1.807) is 6.20 Å². The molecular weight excluding hydrogens is 370 g/mol. The molecule has 148 valence electrons. The maximum absolute atomic E-state index is 6.26. The van der Waals surface area contributed by atoms with Crippen LogP contribution in [-0.4, -0.2) is 52.7 Å². The van der Waals surface area contributed by atoms with Crippen molar-refractivity contribution in [3.63, 3.8) is 0 Å². The fourth-order valence-electron chi connectivity index (χ4n) is 3.57. The molecule has 9 nitrogen and oxygen atoms in total. The molecule has 0 aliphatic carbocycles. The molecule has 9 heteroatoms. The first-order valence-electron chi connectivity index (χ1n) is 9.63. The Morgan fingerprint density at radius 1 is 1.03 bits per heavy atom. The highest BCUT2D eigenvalue weighted by atomic mass is 16.5. The Morgan fingerprint density at radius 3 is 2.66 bits per heavy atom. The number of anilines is 3. The van der Waals surface area contributed by atoms with Gasteiger partial charge >= 0.3 is 0 Å². The Labute approximate surface area is 167 Å². The van der Waals surface area contributed by atoms with Crippen LogP contribution in [0.4, 0.5) is 17.8 Å². The number of hydrogen-bond acceptors (Lipinski definition) is 9. The molecule has 2 N–H and O–H groups in total. The molecule has 0 radical (unpaired) electrons. The smallest absolute Gasteiger partial charge is 0.300 e. The Balaban J connectivity index is 1.37. The number of oxazole rings is 1. The minimum absolute atomic E-state index is 0.432. The summed E-state index contributed by atoms with van der Waals surface area (Å²) in [6.07, 6.45) is 1.71. The van der Waals surface area contributed by atoms with Gasteiger partial charge in [0.1, 0.15) is 11.6 Å². The fourth-order valence-corrected chi connectivity index (χ4v) is 3.57. The fraction of sp³-hybridized carbons (Fsp3) is 0.300. The molecule has 1 aliphatic heterocycles. The predicted molar refractivity (Wildman–Crippen MR) is 111 cm³/mol. The van der Waals surface area contributed by atoms with Gasteiger partial charge in [0.25, 0.3) is 6.01 Å². The third kappa shape index (κ3) is 3.14. The quantitative estimate of drug-likeness (QED) is 0.561. The molecule has 1 aliphatic rings. The van der Waals surface area contributed by atoms with E-state index in [0.717, 1.165) is 37.1 Å². The Bertz CT molecular complexity index is 1140.